The van der Waals surface area contributed by atoms with Crippen LogP contribution in [0.4, 0.5) is 13.2 Å². The summed E-state index contributed by atoms with van der Waals surface area (Å²) in [6, 6.07) is 0. The number of methoxy groups -OCH3 is 1. The first kappa shape index (κ1) is 19.7. The van der Waals surface area contributed by atoms with E-state index >= 15 is 0 Å². The summed E-state index contributed by atoms with van der Waals surface area (Å²) in [5.74, 6) is 0. The molecule has 0 aliphatic rings. The van der Waals surface area contributed by atoms with Gasteiger partial charge in [-0.15, -0.1) is 13.2 Å². The summed E-state index contributed by atoms with van der Waals surface area (Å²) >= 11 is 0. The van der Waals surface area contributed by atoms with Gasteiger partial charge in [-0.2, -0.15) is 0 Å². The van der Waals surface area contributed by atoms with Crippen molar-refractivity contribution in [3.8, 4) is 0 Å². The summed E-state index contributed by atoms with van der Waals surface area (Å²) in [5, 5.41) is 0. The Bertz CT molecular complexity index is 169. The molecular weight excluding hydrogens is 205 g/mol. The van der Waals surface area contributed by atoms with Gasteiger partial charge in [0.05, 0.1) is 0 Å². The van der Waals surface area contributed by atoms with Crippen LogP contribution in [0.2, 0.25) is 0 Å². The van der Waals surface area contributed by atoms with Crippen LogP contribution in [-0.2, 0) is 4.74 Å². The molecular formula is C11H21F3O. The van der Waals surface area contributed by atoms with Crippen LogP contribution >= 0.6 is 0 Å². The van der Waals surface area contributed by atoms with Gasteiger partial charge in [0, 0.05) is 7.11 Å². The fourth-order valence-electron chi connectivity index (χ4n) is 0.359. The van der Waals surface area contributed by atoms with Crippen molar-refractivity contribution in [2.24, 2.45) is 0 Å². The quantitative estimate of drug-likeness (QED) is 0.588. The molecule has 0 unspecified atom stereocenters. The standard InChI is InChI=1S/C7H12.C2H3F3O.C2H6/c1-4-6-7(3)5-2;1-6-2(3,4)5;1-2/h4-6H,1-3H3;1H3;1-2H3/b6-4-,7-5-;;. The van der Waals surface area contributed by atoms with E-state index in [0.717, 1.165) is 0 Å². The minimum atomic E-state index is -4.46. The van der Waals surface area contributed by atoms with Gasteiger partial charge < -0.3 is 0 Å². The van der Waals surface area contributed by atoms with Gasteiger partial charge in [0.15, 0.2) is 0 Å². The van der Waals surface area contributed by atoms with E-state index in [1.165, 1.54) is 5.57 Å². The van der Waals surface area contributed by atoms with Crippen molar-refractivity contribution in [1.29, 1.82) is 0 Å². The number of hydrogen-bond acceptors (Lipinski definition) is 1. The van der Waals surface area contributed by atoms with Crippen LogP contribution in [0.15, 0.2) is 23.8 Å². The number of alkyl halides is 3. The second-order valence-corrected chi connectivity index (χ2v) is 2.18. The Balaban J connectivity index is -0.000000166. The molecule has 0 aliphatic carbocycles. The van der Waals surface area contributed by atoms with E-state index in [4.69, 9.17) is 0 Å². The fourth-order valence-corrected chi connectivity index (χ4v) is 0.359. The highest BCUT2D eigenvalue weighted by Gasteiger charge is 2.25. The number of ether oxygens (including phenoxy) is 1. The Kier molecular flexibility index (Phi) is 17.4. The summed E-state index contributed by atoms with van der Waals surface area (Å²) in [4.78, 5) is 0. The van der Waals surface area contributed by atoms with E-state index in [-0.39, 0.29) is 0 Å². The van der Waals surface area contributed by atoms with Crippen molar-refractivity contribution in [3.63, 3.8) is 0 Å². The maximum absolute atomic E-state index is 10.6. The molecule has 92 valence electrons. The third-order valence-electron chi connectivity index (χ3n) is 1.12. The first-order valence-electron chi connectivity index (χ1n) is 4.74. The molecule has 0 saturated heterocycles. The molecule has 0 rings (SSSR count). The molecule has 0 heterocycles. The second kappa shape index (κ2) is 13.2. The molecule has 0 saturated carbocycles. The maximum Gasteiger partial charge on any atom is 0.522 e. The predicted molar refractivity (Wildman–Crippen MR) is 58.7 cm³/mol. The Labute approximate surface area is 90.6 Å². The van der Waals surface area contributed by atoms with Gasteiger partial charge in [0.25, 0.3) is 0 Å². The number of allylic oxidation sites excluding steroid dienone is 4. The lowest BCUT2D eigenvalue weighted by atomic mass is 10.3. The van der Waals surface area contributed by atoms with Crippen LogP contribution in [0, 0.1) is 0 Å². The largest absolute Gasteiger partial charge is 0.522 e. The summed E-state index contributed by atoms with van der Waals surface area (Å²) in [6.07, 6.45) is 1.75. The van der Waals surface area contributed by atoms with Crippen LogP contribution in [0.3, 0.4) is 0 Å². The lowest BCUT2D eigenvalue weighted by Gasteiger charge is -1.97. The predicted octanol–water partition coefficient (Wildman–Crippen LogP) is 4.71. The molecule has 0 atom stereocenters. The van der Waals surface area contributed by atoms with Gasteiger partial charge in [-0.05, 0) is 20.8 Å². The summed E-state index contributed by atoms with van der Waals surface area (Å²) in [5.41, 5.74) is 1.32. The first-order valence-corrected chi connectivity index (χ1v) is 4.74. The lowest BCUT2D eigenvalue weighted by Crippen LogP contribution is -2.08. The average Bonchev–Trinajstić information content (AvgIpc) is 2.21. The van der Waals surface area contributed by atoms with Gasteiger partial charge in [-0.1, -0.05) is 37.6 Å². The van der Waals surface area contributed by atoms with E-state index in [1.807, 2.05) is 33.8 Å². The Morgan fingerprint density at radius 3 is 1.53 bits per heavy atom. The van der Waals surface area contributed by atoms with Crippen molar-refractivity contribution in [2.45, 2.75) is 41.0 Å². The highest BCUT2D eigenvalue weighted by molar-refractivity contribution is 5.13. The normalized spacial score (nSPS) is 11.4. The molecule has 0 radical (unpaired) electrons. The second-order valence-electron chi connectivity index (χ2n) is 2.18. The van der Waals surface area contributed by atoms with Gasteiger partial charge in [-0.25, -0.2) is 0 Å². The Morgan fingerprint density at radius 1 is 1.13 bits per heavy atom. The van der Waals surface area contributed by atoms with Crippen LogP contribution in [0.1, 0.15) is 34.6 Å². The molecule has 4 heteroatoms. The number of hydrogen-bond donors (Lipinski definition) is 0. The van der Waals surface area contributed by atoms with Gasteiger partial charge >= 0.3 is 6.36 Å². The molecule has 0 aromatic rings. The smallest absolute Gasteiger partial charge is 0.295 e. The minimum Gasteiger partial charge on any atom is -0.295 e. The fraction of sp³-hybridized carbons (Fsp3) is 0.636. The van der Waals surface area contributed by atoms with Gasteiger partial charge in [-0.3, -0.25) is 4.74 Å². The number of halogens is 3. The van der Waals surface area contributed by atoms with Crippen molar-refractivity contribution < 1.29 is 17.9 Å². The van der Waals surface area contributed by atoms with Crippen LogP contribution in [-0.4, -0.2) is 13.5 Å². The van der Waals surface area contributed by atoms with E-state index in [2.05, 4.69) is 23.8 Å². The molecule has 0 bridgehead atoms. The zero-order valence-electron chi connectivity index (χ0n) is 10.3. The molecule has 0 N–H and O–H groups in total. The molecule has 0 spiro atoms. The molecule has 1 nitrogen and oxygen atoms in total. The lowest BCUT2D eigenvalue weighted by molar-refractivity contribution is -0.311. The Hall–Kier alpha value is -0.770. The maximum atomic E-state index is 10.6. The van der Waals surface area contributed by atoms with E-state index in [0.29, 0.717) is 7.11 Å². The zero-order chi connectivity index (χ0) is 12.9. The molecule has 0 fully saturated rings. The monoisotopic (exact) mass is 226 g/mol. The highest BCUT2D eigenvalue weighted by atomic mass is 19.4. The average molecular weight is 226 g/mol. The van der Waals surface area contributed by atoms with Crippen molar-refractivity contribution >= 4 is 0 Å². The van der Waals surface area contributed by atoms with Crippen LogP contribution in [0.25, 0.3) is 0 Å². The molecule has 0 aromatic carbocycles. The van der Waals surface area contributed by atoms with E-state index in [1.54, 1.807) is 0 Å². The third-order valence-corrected chi connectivity index (χ3v) is 1.12. The summed E-state index contributed by atoms with van der Waals surface area (Å²) in [6.45, 7) is 10.1. The van der Waals surface area contributed by atoms with Crippen LogP contribution in [0.5, 0.6) is 0 Å². The minimum absolute atomic E-state index is 0.583. The Morgan fingerprint density at radius 2 is 1.47 bits per heavy atom. The molecule has 0 aliphatic heterocycles. The van der Waals surface area contributed by atoms with Crippen LogP contribution < -0.4 is 0 Å². The van der Waals surface area contributed by atoms with Gasteiger partial charge in [0.1, 0.15) is 0 Å². The topological polar surface area (TPSA) is 9.23 Å². The highest BCUT2D eigenvalue weighted by Crippen LogP contribution is 2.13. The zero-order valence-corrected chi connectivity index (χ0v) is 10.3. The van der Waals surface area contributed by atoms with E-state index < -0.39 is 6.36 Å². The molecule has 0 amide bonds. The van der Waals surface area contributed by atoms with Crippen molar-refractivity contribution in [2.75, 3.05) is 7.11 Å². The molecule has 0 aromatic heterocycles. The first-order chi connectivity index (χ1) is 6.87. The summed E-state index contributed by atoms with van der Waals surface area (Å²) < 4.78 is 34.6. The SMILES string of the molecule is C/C=C\C(C)=C/C.CC.COC(F)(F)F. The van der Waals surface area contributed by atoms with Gasteiger partial charge in [0.2, 0.25) is 0 Å². The van der Waals surface area contributed by atoms with Crippen molar-refractivity contribution in [1.82, 2.24) is 0 Å². The van der Waals surface area contributed by atoms with E-state index in [9.17, 15) is 13.2 Å². The third kappa shape index (κ3) is 31.9. The summed E-state index contributed by atoms with van der Waals surface area (Å²) in [7, 11) is 0.583. The van der Waals surface area contributed by atoms with Crippen molar-refractivity contribution in [3.05, 3.63) is 23.8 Å². The molecule has 15 heavy (non-hydrogen) atoms. The number of rotatable bonds is 1.